The van der Waals surface area contributed by atoms with Crippen molar-refractivity contribution in [2.75, 3.05) is 25.0 Å². The van der Waals surface area contributed by atoms with Gasteiger partial charge in [0.05, 0.1) is 5.02 Å². The van der Waals surface area contributed by atoms with Crippen LogP contribution in [0.15, 0.2) is 17.2 Å². The molecule has 1 saturated carbocycles. The SMILES string of the molecule is CCNc1ncc(S(=O)(=O)N2CC3CCCC3C2)cc1Cl. The molecule has 0 bridgehead atoms. The summed E-state index contributed by atoms with van der Waals surface area (Å²) < 4.78 is 27.0. The van der Waals surface area contributed by atoms with Crippen molar-refractivity contribution in [1.82, 2.24) is 9.29 Å². The molecule has 0 spiro atoms. The molecular formula is C14H20ClN3O2S. The predicted molar refractivity (Wildman–Crippen MR) is 83.0 cm³/mol. The summed E-state index contributed by atoms with van der Waals surface area (Å²) in [4.78, 5) is 4.32. The molecule has 2 atom stereocenters. The van der Waals surface area contributed by atoms with Crippen LogP contribution in [0.5, 0.6) is 0 Å². The largest absolute Gasteiger partial charge is 0.369 e. The van der Waals surface area contributed by atoms with Crippen LogP contribution in [-0.2, 0) is 10.0 Å². The molecule has 1 aromatic heterocycles. The second-order valence-electron chi connectivity index (χ2n) is 5.80. The summed E-state index contributed by atoms with van der Waals surface area (Å²) in [6.45, 7) is 3.90. The van der Waals surface area contributed by atoms with Crippen LogP contribution in [0.2, 0.25) is 5.02 Å². The Kier molecular flexibility index (Phi) is 4.12. The molecule has 3 rings (SSSR count). The number of fused-ring (bicyclic) bond motifs is 1. The van der Waals surface area contributed by atoms with Crippen LogP contribution in [0.3, 0.4) is 0 Å². The van der Waals surface area contributed by atoms with Gasteiger partial charge in [0.1, 0.15) is 10.7 Å². The summed E-state index contributed by atoms with van der Waals surface area (Å²) >= 11 is 6.11. The summed E-state index contributed by atoms with van der Waals surface area (Å²) in [5, 5.41) is 3.35. The van der Waals surface area contributed by atoms with Gasteiger partial charge in [-0.15, -0.1) is 0 Å². The van der Waals surface area contributed by atoms with E-state index in [4.69, 9.17) is 11.6 Å². The fourth-order valence-electron chi connectivity index (χ4n) is 3.40. The van der Waals surface area contributed by atoms with E-state index >= 15 is 0 Å². The summed E-state index contributed by atoms with van der Waals surface area (Å²) in [5.74, 6) is 1.59. The minimum absolute atomic E-state index is 0.189. The van der Waals surface area contributed by atoms with E-state index in [-0.39, 0.29) is 4.90 Å². The van der Waals surface area contributed by atoms with Crippen LogP contribution >= 0.6 is 11.6 Å². The molecule has 2 aliphatic rings. The molecule has 0 aromatic carbocycles. The highest BCUT2D eigenvalue weighted by Gasteiger charge is 2.41. The lowest BCUT2D eigenvalue weighted by atomic mass is 10.0. The maximum absolute atomic E-state index is 12.7. The molecular weight excluding hydrogens is 310 g/mol. The Morgan fingerprint density at radius 1 is 1.38 bits per heavy atom. The highest BCUT2D eigenvalue weighted by molar-refractivity contribution is 7.89. The van der Waals surface area contributed by atoms with Crippen LogP contribution in [0.25, 0.3) is 0 Å². The van der Waals surface area contributed by atoms with E-state index < -0.39 is 10.0 Å². The van der Waals surface area contributed by atoms with E-state index in [1.165, 1.54) is 18.7 Å². The van der Waals surface area contributed by atoms with Crippen molar-refractivity contribution in [3.8, 4) is 0 Å². The van der Waals surface area contributed by atoms with Gasteiger partial charge in [-0.25, -0.2) is 13.4 Å². The van der Waals surface area contributed by atoms with Gasteiger partial charge in [0.15, 0.2) is 0 Å². The summed E-state index contributed by atoms with van der Waals surface area (Å²) in [6, 6.07) is 1.50. The predicted octanol–water partition coefficient (Wildman–Crippen LogP) is 2.59. The number of hydrogen-bond donors (Lipinski definition) is 1. The summed E-state index contributed by atoms with van der Waals surface area (Å²) in [7, 11) is -3.48. The average molecular weight is 330 g/mol. The normalized spacial score (nSPS) is 26.0. The second-order valence-corrected chi connectivity index (χ2v) is 8.15. The lowest BCUT2D eigenvalue weighted by Crippen LogP contribution is -2.29. The van der Waals surface area contributed by atoms with Gasteiger partial charge in [-0.1, -0.05) is 18.0 Å². The molecule has 0 amide bonds. The molecule has 2 heterocycles. The lowest BCUT2D eigenvalue weighted by Gasteiger charge is -2.17. The second kappa shape index (κ2) is 5.74. The standard InChI is InChI=1S/C14H20ClN3O2S/c1-2-16-14-13(15)6-12(7-17-14)21(19,20)18-8-10-4-3-5-11(10)9-18/h6-7,10-11H,2-5,8-9H2,1H3,(H,16,17). The molecule has 2 fully saturated rings. The maximum atomic E-state index is 12.7. The molecule has 5 nitrogen and oxygen atoms in total. The number of sulfonamides is 1. The van der Waals surface area contributed by atoms with Crippen molar-refractivity contribution in [2.45, 2.75) is 31.1 Å². The highest BCUT2D eigenvalue weighted by Crippen LogP contribution is 2.40. The number of nitrogens with zero attached hydrogens (tertiary/aromatic N) is 2. The minimum Gasteiger partial charge on any atom is -0.369 e. The molecule has 21 heavy (non-hydrogen) atoms. The molecule has 0 radical (unpaired) electrons. The zero-order chi connectivity index (χ0) is 15.0. The zero-order valence-electron chi connectivity index (χ0n) is 12.0. The third-order valence-electron chi connectivity index (χ3n) is 4.49. The van der Waals surface area contributed by atoms with Crippen molar-refractivity contribution >= 4 is 27.4 Å². The molecule has 116 valence electrons. The van der Waals surface area contributed by atoms with Gasteiger partial charge in [-0.3, -0.25) is 0 Å². The van der Waals surface area contributed by atoms with Crippen LogP contribution in [0.1, 0.15) is 26.2 Å². The Hall–Kier alpha value is -0.850. The van der Waals surface area contributed by atoms with E-state index in [0.717, 1.165) is 12.8 Å². The molecule has 2 unspecified atom stereocenters. The van der Waals surface area contributed by atoms with Gasteiger partial charge in [-0.2, -0.15) is 4.31 Å². The lowest BCUT2D eigenvalue weighted by molar-refractivity contribution is 0.445. The minimum atomic E-state index is -3.48. The highest BCUT2D eigenvalue weighted by atomic mass is 35.5. The molecule has 1 saturated heterocycles. The van der Waals surface area contributed by atoms with Gasteiger partial charge < -0.3 is 5.32 Å². The van der Waals surface area contributed by atoms with E-state index in [9.17, 15) is 8.42 Å². The number of nitrogens with one attached hydrogen (secondary N) is 1. The number of pyridine rings is 1. The Balaban J connectivity index is 1.83. The molecule has 1 aliphatic heterocycles. The fourth-order valence-corrected chi connectivity index (χ4v) is 5.22. The molecule has 7 heteroatoms. The number of anilines is 1. The third-order valence-corrected chi connectivity index (χ3v) is 6.58. The van der Waals surface area contributed by atoms with E-state index in [0.29, 0.717) is 42.3 Å². The first-order valence-corrected chi connectivity index (χ1v) is 9.23. The summed E-state index contributed by atoms with van der Waals surface area (Å²) in [6.07, 6.45) is 4.92. The van der Waals surface area contributed by atoms with Crippen molar-refractivity contribution in [2.24, 2.45) is 11.8 Å². The van der Waals surface area contributed by atoms with Crippen molar-refractivity contribution < 1.29 is 8.42 Å². The van der Waals surface area contributed by atoms with Crippen LogP contribution in [0.4, 0.5) is 5.82 Å². The molecule has 1 aliphatic carbocycles. The third kappa shape index (κ3) is 2.76. The zero-order valence-corrected chi connectivity index (χ0v) is 13.6. The van der Waals surface area contributed by atoms with E-state index in [1.54, 1.807) is 4.31 Å². The Labute approximate surface area is 130 Å². The molecule has 1 N–H and O–H groups in total. The van der Waals surface area contributed by atoms with Crippen LogP contribution in [0, 0.1) is 11.8 Å². The average Bonchev–Trinajstić information content (AvgIpc) is 3.02. The van der Waals surface area contributed by atoms with Crippen LogP contribution < -0.4 is 5.32 Å². The Morgan fingerprint density at radius 2 is 2.05 bits per heavy atom. The smallest absolute Gasteiger partial charge is 0.244 e. The van der Waals surface area contributed by atoms with Crippen molar-refractivity contribution in [1.29, 1.82) is 0 Å². The first kappa shape index (κ1) is 15.1. The monoisotopic (exact) mass is 329 g/mol. The van der Waals surface area contributed by atoms with Gasteiger partial charge in [0.25, 0.3) is 0 Å². The van der Waals surface area contributed by atoms with Gasteiger partial charge >= 0.3 is 0 Å². The van der Waals surface area contributed by atoms with Crippen LogP contribution in [-0.4, -0.2) is 37.3 Å². The van der Waals surface area contributed by atoms with Gasteiger partial charge in [0, 0.05) is 25.8 Å². The number of aromatic nitrogens is 1. The molecule has 1 aromatic rings. The maximum Gasteiger partial charge on any atom is 0.244 e. The van der Waals surface area contributed by atoms with Gasteiger partial charge in [0.2, 0.25) is 10.0 Å². The first-order valence-electron chi connectivity index (χ1n) is 7.42. The van der Waals surface area contributed by atoms with Crippen molar-refractivity contribution in [3.63, 3.8) is 0 Å². The fraction of sp³-hybridized carbons (Fsp3) is 0.643. The summed E-state index contributed by atoms with van der Waals surface area (Å²) in [5.41, 5.74) is 0. The van der Waals surface area contributed by atoms with Crippen molar-refractivity contribution in [3.05, 3.63) is 17.3 Å². The Morgan fingerprint density at radius 3 is 2.62 bits per heavy atom. The Bertz CT molecular complexity index is 623. The van der Waals surface area contributed by atoms with E-state index in [1.807, 2.05) is 6.92 Å². The number of hydrogen-bond acceptors (Lipinski definition) is 4. The van der Waals surface area contributed by atoms with E-state index in [2.05, 4.69) is 10.3 Å². The topological polar surface area (TPSA) is 62.3 Å². The number of rotatable bonds is 4. The number of halogens is 1. The first-order chi connectivity index (χ1) is 10.0. The quantitative estimate of drug-likeness (QED) is 0.922. The van der Waals surface area contributed by atoms with Gasteiger partial charge in [-0.05, 0) is 37.7 Å².